The molecular weight excluding hydrogens is 455 g/mol. The van der Waals surface area contributed by atoms with Gasteiger partial charge >= 0.3 is 0 Å². The third kappa shape index (κ3) is 5.75. The SMILES string of the molecule is CN=C(NCCCn1cccn1)N1CCN(c2ccccc2OC)CC1.I. The number of ether oxygens (including phenoxy) is 1. The Kier molecular flexibility index (Phi) is 8.70. The number of methoxy groups -OCH3 is 1. The predicted octanol–water partition coefficient (Wildman–Crippen LogP) is 2.30. The molecule has 0 radical (unpaired) electrons. The van der Waals surface area contributed by atoms with E-state index in [9.17, 15) is 0 Å². The molecule has 0 spiro atoms. The van der Waals surface area contributed by atoms with Gasteiger partial charge in [-0.2, -0.15) is 5.10 Å². The van der Waals surface area contributed by atoms with Crippen LogP contribution >= 0.6 is 24.0 Å². The topological polar surface area (TPSA) is 57.9 Å². The van der Waals surface area contributed by atoms with E-state index < -0.39 is 0 Å². The first-order chi connectivity index (χ1) is 12.8. The van der Waals surface area contributed by atoms with Crippen molar-refractivity contribution in [3.63, 3.8) is 0 Å². The third-order valence-electron chi connectivity index (χ3n) is 4.62. The number of benzene rings is 1. The number of aromatic nitrogens is 2. The maximum Gasteiger partial charge on any atom is 0.193 e. The first kappa shape index (κ1) is 21.3. The van der Waals surface area contributed by atoms with Crippen LogP contribution in [0.1, 0.15) is 6.42 Å². The lowest BCUT2D eigenvalue weighted by molar-refractivity contribution is 0.366. The number of rotatable bonds is 6. The van der Waals surface area contributed by atoms with Crippen molar-refractivity contribution < 1.29 is 4.74 Å². The van der Waals surface area contributed by atoms with Crippen molar-refractivity contribution in [2.45, 2.75) is 13.0 Å². The summed E-state index contributed by atoms with van der Waals surface area (Å²) >= 11 is 0. The van der Waals surface area contributed by atoms with Gasteiger partial charge in [-0.25, -0.2) is 0 Å². The molecule has 7 nitrogen and oxygen atoms in total. The van der Waals surface area contributed by atoms with Crippen molar-refractivity contribution in [1.82, 2.24) is 20.0 Å². The van der Waals surface area contributed by atoms with E-state index in [0.29, 0.717) is 0 Å². The molecule has 0 amide bonds. The van der Waals surface area contributed by atoms with E-state index >= 15 is 0 Å². The van der Waals surface area contributed by atoms with E-state index in [-0.39, 0.29) is 24.0 Å². The number of hydrogen-bond donors (Lipinski definition) is 1. The molecule has 2 aromatic rings. The summed E-state index contributed by atoms with van der Waals surface area (Å²) in [6.07, 6.45) is 4.82. The summed E-state index contributed by atoms with van der Waals surface area (Å²) in [5.41, 5.74) is 1.16. The van der Waals surface area contributed by atoms with Crippen molar-refractivity contribution in [3.05, 3.63) is 42.7 Å². The fraction of sp³-hybridized carbons (Fsp3) is 0.474. The molecule has 3 rings (SSSR count). The Labute approximate surface area is 178 Å². The highest BCUT2D eigenvalue weighted by atomic mass is 127. The zero-order chi connectivity index (χ0) is 18.2. The monoisotopic (exact) mass is 484 g/mol. The Hall–Kier alpha value is -1.97. The van der Waals surface area contributed by atoms with Crippen LogP contribution in [0, 0.1) is 0 Å². The van der Waals surface area contributed by atoms with Gasteiger partial charge in [0.2, 0.25) is 0 Å². The van der Waals surface area contributed by atoms with Gasteiger partial charge in [-0.1, -0.05) is 12.1 Å². The molecule has 8 heteroatoms. The van der Waals surface area contributed by atoms with E-state index in [4.69, 9.17) is 4.74 Å². The van der Waals surface area contributed by atoms with Crippen LogP contribution in [0.15, 0.2) is 47.7 Å². The normalized spacial score (nSPS) is 14.7. The highest BCUT2D eigenvalue weighted by Crippen LogP contribution is 2.28. The molecule has 1 fully saturated rings. The summed E-state index contributed by atoms with van der Waals surface area (Å²) in [5, 5.41) is 7.70. The molecule has 1 aliphatic rings. The first-order valence-electron chi connectivity index (χ1n) is 9.13. The second-order valence-corrected chi connectivity index (χ2v) is 6.24. The van der Waals surface area contributed by atoms with Crippen molar-refractivity contribution in [3.8, 4) is 5.75 Å². The molecule has 0 atom stereocenters. The molecule has 0 saturated carbocycles. The molecular formula is C19H29IN6O. The van der Waals surface area contributed by atoms with Gasteiger partial charge in [0.15, 0.2) is 5.96 Å². The summed E-state index contributed by atoms with van der Waals surface area (Å²) in [4.78, 5) is 9.14. The molecule has 2 heterocycles. The minimum atomic E-state index is 0. The first-order valence-corrected chi connectivity index (χ1v) is 9.13. The van der Waals surface area contributed by atoms with Gasteiger partial charge in [0, 0.05) is 58.7 Å². The van der Waals surface area contributed by atoms with Crippen LogP contribution in [-0.4, -0.2) is 67.5 Å². The number of hydrogen-bond acceptors (Lipinski definition) is 4. The smallest absolute Gasteiger partial charge is 0.193 e. The minimum Gasteiger partial charge on any atom is -0.495 e. The summed E-state index contributed by atoms with van der Waals surface area (Å²) in [6.45, 7) is 5.59. The van der Waals surface area contributed by atoms with Gasteiger partial charge in [-0.15, -0.1) is 24.0 Å². The number of anilines is 1. The maximum atomic E-state index is 5.49. The zero-order valence-corrected chi connectivity index (χ0v) is 18.4. The molecule has 1 aliphatic heterocycles. The Bertz CT molecular complexity index is 698. The Morgan fingerprint density at radius 3 is 2.63 bits per heavy atom. The Morgan fingerprint density at radius 1 is 1.19 bits per heavy atom. The quantitative estimate of drug-likeness (QED) is 0.295. The second kappa shape index (κ2) is 11.0. The largest absolute Gasteiger partial charge is 0.495 e. The average molecular weight is 484 g/mol. The average Bonchev–Trinajstić information content (AvgIpc) is 3.22. The van der Waals surface area contributed by atoms with E-state index in [2.05, 4.69) is 37.3 Å². The lowest BCUT2D eigenvalue weighted by Gasteiger charge is -2.38. The van der Waals surface area contributed by atoms with Crippen LogP contribution in [0.4, 0.5) is 5.69 Å². The summed E-state index contributed by atoms with van der Waals surface area (Å²) in [7, 11) is 3.58. The van der Waals surface area contributed by atoms with Gasteiger partial charge in [0.05, 0.1) is 12.8 Å². The van der Waals surface area contributed by atoms with Crippen LogP contribution in [-0.2, 0) is 6.54 Å². The number of guanidine groups is 1. The van der Waals surface area contributed by atoms with E-state index in [1.54, 1.807) is 7.11 Å². The molecule has 0 bridgehead atoms. The minimum absolute atomic E-state index is 0. The number of para-hydroxylation sites is 2. The van der Waals surface area contributed by atoms with Crippen molar-refractivity contribution in [1.29, 1.82) is 0 Å². The van der Waals surface area contributed by atoms with Crippen molar-refractivity contribution in [2.24, 2.45) is 4.99 Å². The van der Waals surface area contributed by atoms with E-state index in [1.807, 2.05) is 42.3 Å². The summed E-state index contributed by atoms with van der Waals surface area (Å²) in [6, 6.07) is 10.2. The van der Waals surface area contributed by atoms with Crippen LogP contribution < -0.4 is 15.0 Å². The Balaban J connectivity index is 0.00000261. The molecule has 0 aliphatic carbocycles. The highest BCUT2D eigenvalue weighted by molar-refractivity contribution is 14.0. The van der Waals surface area contributed by atoms with Crippen LogP contribution in [0.3, 0.4) is 0 Å². The molecule has 0 unspecified atom stereocenters. The fourth-order valence-corrected chi connectivity index (χ4v) is 3.26. The standard InChI is InChI=1S/C19H28N6O.HI/c1-20-19(21-9-5-11-25-12-6-10-22-25)24-15-13-23(14-16-24)17-7-3-4-8-18(17)26-2;/h3-4,6-8,10,12H,5,9,11,13-16H2,1-2H3,(H,20,21);1H. The number of piperazine rings is 1. The number of aryl methyl sites for hydroxylation is 1. The highest BCUT2D eigenvalue weighted by Gasteiger charge is 2.21. The van der Waals surface area contributed by atoms with Gasteiger partial charge in [-0.05, 0) is 24.6 Å². The van der Waals surface area contributed by atoms with E-state index in [1.165, 1.54) is 0 Å². The lowest BCUT2D eigenvalue weighted by Crippen LogP contribution is -2.52. The molecule has 1 aromatic carbocycles. The van der Waals surface area contributed by atoms with Crippen molar-refractivity contribution in [2.75, 3.05) is 51.8 Å². The van der Waals surface area contributed by atoms with E-state index in [0.717, 1.165) is 63.1 Å². The number of aliphatic imine (C=N–C) groups is 1. The summed E-state index contributed by atoms with van der Waals surface area (Å²) < 4.78 is 7.45. The van der Waals surface area contributed by atoms with Crippen LogP contribution in [0.25, 0.3) is 0 Å². The number of nitrogens with one attached hydrogen (secondary N) is 1. The second-order valence-electron chi connectivity index (χ2n) is 6.24. The van der Waals surface area contributed by atoms with Gasteiger partial charge in [0.25, 0.3) is 0 Å². The summed E-state index contributed by atoms with van der Waals surface area (Å²) in [5.74, 6) is 1.91. The van der Waals surface area contributed by atoms with Gasteiger partial charge in [-0.3, -0.25) is 9.67 Å². The third-order valence-corrected chi connectivity index (χ3v) is 4.62. The van der Waals surface area contributed by atoms with Crippen LogP contribution in [0.5, 0.6) is 5.75 Å². The molecule has 1 aromatic heterocycles. The fourth-order valence-electron chi connectivity index (χ4n) is 3.26. The number of halogens is 1. The number of nitrogens with zero attached hydrogens (tertiary/aromatic N) is 5. The molecule has 148 valence electrons. The lowest BCUT2D eigenvalue weighted by atomic mass is 10.2. The van der Waals surface area contributed by atoms with Crippen molar-refractivity contribution >= 4 is 35.6 Å². The predicted molar refractivity (Wildman–Crippen MR) is 120 cm³/mol. The zero-order valence-electron chi connectivity index (χ0n) is 16.0. The molecule has 1 N–H and O–H groups in total. The molecule has 1 saturated heterocycles. The van der Waals surface area contributed by atoms with Crippen LogP contribution in [0.2, 0.25) is 0 Å². The molecule has 27 heavy (non-hydrogen) atoms. The van der Waals surface area contributed by atoms with Gasteiger partial charge < -0.3 is 19.9 Å². The Morgan fingerprint density at radius 2 is 1.96 bits per heavy atom. The maximum absolute atomic E-state index is 5.49. The van der Waals surface area contributed by atoms with Gasteiger partial charge in [0.1, 0.15) is 5.75 Å².